The van der Waals surface area contributed by atoms with Gasteiger partial charge in [-0.2, -0.15) is 0 Å². The number of nitrogens with zero attached hydrogens (tertiary/aromatic N) is 1. The lowest BCUT2D eigenvalue weighted by Crippen LogP contribution is -2.24. The van der Waals surface area contributed by atoms with Gasteiger partial charge in [0.2, 0.25) is 0 Å². The van der Waals surface area contributed by atoms with Crippen LogP contribution in [0.3, 0.4) is 0 Å². The Morgan fingerprint density at radius 2 is 2.09 bits per heavy atom. The highest BCUT2D eigenvalue weighted by Crippen LogP contribution is 2.34. The first kappa shape index (κ1) is 15.2. The van der Waals surface area contributed by atoms with E-state index in [-0.39, 0.29) is 29.3 Å². The van der Waals surface area contributed by atoms with Crippen molar-refractivity contribution < 1.29 is 13.9 Å². The van der Waals surface area contributed by atoms with Crippen LogP contribution in [0.1, 0.15) is 30.1 Å². The molecule has 1 aliphatic heterocycles. The van der Waals surface area contributed by atoms with Crippen LogP contribution in [0.2, 0.25) is 5.02 Å². The van der Waals surface area contributed by atoms with E-state index in [1.807, 2.05) is 0 Å². The summed E-state index contributed by atoms with van der Waals surface area (Å²) in [7, 11) is 0. The minimum absolute atomic E-state index is 0.105. The standard InChI is InChI=1S/C16H14ClF2NO2/c17-10-1-4-13(16(18)19)14(7-10)9-5-11-2-3-12(8-21)20(11)15(22)6-9/h1,4-7,12,16,21H,2-3,8H2. The van der Waals surface area contributed by atoms with E-state index in [4.69, 9.17) is 11.6 Å². The second-order valence-corrected chi connectivity index (χ2v) is 5.79. The zero-order valence-corrected chi connectivity index (χ0v) is 12.4. The molecule has 0 saturated heterocycles. The van der Waals surface area contributed by atoms with Crippen molar-refractivity contribution in [3.8, 4) is 11.1 Å². The van der Waals surface area contributed by atoms with Crippen LogP contribution < -0.4 is 5.56 Å². The highest BCUT2D eigenvalue weighted by molar-refractivity contribution is 6.30. The number of aliphatic hydroxyl groups excluding tert-OH is 1. The van der Waals surface area contributed by atoms with Crippen molar-refractivity contribution in [3.63, 3.8) is 0 Å². The Hall–Kier alpha value is -1.72. The maximum absolute atomic E-state index is 13.2. The third-order valence-electron chi connectivity index (χ3n) is 4.02. The number of benzene rings is 1. The Morgan fingerprint density at radius 3 is 2.77 bits per heavy atom. The van der Waals surface area contributed by atoms with Gasteiger partial charge in [-0.3, -0.25) is 4.79 Å². The first-order chi connectivity index (χ1) is 10.5. The van der Waals surface area contributed by atoms with Crippen molar-refractivity contribution in [2.75, 3.05) is 6.61 Å². The third-order valence-corrected chi connectivity index (χ3v) is 4.25. The summed E-state index contributed by atoms with van der Waals surface area (Å²) >= 11 is 5.91. The largest absolute Gasteiger partial charge is 0.394 e. The van der Waals surface area contributed by atoms with Gasteiger partial charge in [0.05, 0.1) is 12.6 Å². The molecule has 0 saturated carbocycles. The second kappa shape index (κ2) is 5.82. The topological polar surface area (TPSA) is 42.2 Å². The lowest BCUT2D eigenvalue weighted by Gasteiger charge is -2.14. The predicted octanol–water partition coefficient (Wildman–Crippen LogP) is 3.59. The fraction of sp³-hybridized carbons (Fsp3) is 0.312. The summed E-state index contributed by atoms with van der Waals surface area (Å²) in [6.45, 7) is -0.105. The summed E-state index contributed by atoms with van der Waals surface area (Å²) in [4.78, 5) is 12.3. The van der Waals surface area contributed by atoms with Crippen LogP contribution in [0, 0.1) is 0 Å². The van der Waals surface area contributed by atoms with Crippen molar-refractivity contribution >= 4 is 11.6 Å². The Bertz CT molecular complexity index is 773. The molecular formula is C16H14ClF2NO2. The van der Waals surface area contributed by atoms with Gasteiger partial charge >= 0.3 is 0 Å². The molecule has 1 N–H and O–H groups in total. The number of halogens is 3. The zero-order chi connectivity index (χ0) is 15.9. The number of aliphatic hydroxyl groups is 1. The first-order valence-electron chi connectivity index (χ1n) is 6.95. The van der Waals surface area contributed by atoms with Gasteiger partial charge in [-0.15, -0.1) is 0 Å². The van der Waals surface area contributed by atoms with Gasteiger partial charge in [0, 0.05) is 22.3 Å². The van der Waals surface area contributed by atoms with Crippen molar-refractivity contribution in [1.82, 2.24) is 4.57 Å². The molecule has 0 spiro atoms. The van der Waals surface area contributed by atoms with E-state index >= 15 is 0 Å². The Morgan fingerprint density at radius 1 is 1.32 bits per heavy atom. The molecule has 0 aliphatic carbocycles. The van der Waals surface area contributed by atoms with Crippen LogP contribution in [0.15, 0.2) is 35.1 Å². The summed E-state index contributed by atoms with van der Waals surface area (Å²) in [5.41, 5.74) is 1.03. The minimum Gasteiger partial charge on any atom is -0.394 e. The van der Waals surface area contributed by atoms with Crippen LogP contribution in [-0.4, -0.2) is 16.3 Å². The maximum atomic E-state index is 13.2. The number of fused-ring (bicyclic) bond motifs is 1. The Kier molecular flexibility index (Phi) is 4.02. The highest BCUT2D eigenvalue weighted by Gasteiger charge is 2.24. The average molecular weight is 326 g/mol. The number of pyridine rings is 1. The van der Waals surface area contributed by atoms with E-state index in [1.165, 1.54) is 28.8 Å². The number of alkyl halides is 2. The van der Waals surface area contributed by atoms with Gasteiger partial charge < -0.3 is 9.67 Å². The van der Waals surface area contributed by atoms with Crippen molar-refractivity contribution in [2.45, 2.75) is 25.3 Å². The van der Waals surface area contributed by atoms with Crippen molar-refractivity contribution in [2.24, 2.45) is 0 Å². The zero-order valence-electron chi connectivity index (χ0n) is 11.6. The van der Waals surface area contributed by atoms with E-state index in [0.29, 0.717) is 23.4 Å². The van der Waals surface area contributed by atoms with E-state index in [1.54, 1.807) is 6.07 Å². The molecule has 1 aromatic heterocycles. The van der Waals surface area contributed by atoms with E-state index in [0.717, 1.165) is 5.69 Å². The predicted molar refractivity (Wildman–Crippen MR) is 80.5 cm³/mol. The van der Waals surface area contributed by atoms with Crippen LogP contribution in [0.25, 0.3) is 11.1 Å². The molecule has 1 unspecified atom stereocenters. The van der Waals surface area contributed by atoms with Crippen molar-refractivity contribution in [3.05, 3.63) is 57.0 Å². The van der Waals surface area contributed by atoms with Crippen molar-refractivity contribution in [1.29, 1.82) is 0 Å². The number of aromatic nitrogens is 1. The summed E-state index contributed by atoms with van der Waals surface area (Å²) in [5.74, 6) is 0. The Labute approximate surface area is 130 Å². The molecule has 0 radical (unpaired) electrons. The van der Waals surface area contributed by atoms with Gasteiger partial charge in [0.15, 0.2) is 0 Å². The van der Waals surface area contributed by atoms with Crippen LogP contribution in [0.5, 0.6) is 0 Å². The number of rotatable bonds is 3. The lowest BCUT2D eigenvalue weighted by molar-refractivity contribution is 0.152. The molecule has 0 bridgehead atoms. The first-order valence-corrected chi connectivity index (χ1v) is 7.33. The molecule has 0 amide bonds. The molecule has 3 nitrogen and oxygen atoms in total. The van der Waals surface area contributed by atoms with E-state index < -0.39 is 6.43 Å². The molecule has 2 heterocycles. The summed E-state index contributed by atoms with van der Waals surface area (Å²) in [6, 6.07) is 6.97. The normalized spacial score (nSPS) is 17.0. The molecule has 1 aromatic carbocycles. The molecule has 2 aromatic rings. The maximum Gasteiger partial charge on any atom is 0.264 e. The number of hydrogen-bond donors (Lipinski definition) is 1. The molecule has 6 heteroatoms. The minimum atomic E-state index is -2.64. The summed E-state index contributed by atoms with van der Waals surface area (Å²) in [5, 5.41) is 9.64. The van der Waals surface area contributed by atoms with Crippen LogP contribution >= 0.6 is 11.6 Å². The summed E-state index contributed by atoms with van der Waals surface area (Å²) < 4.78 is 27.9. The van der Waals surface area contributed by atoms with Gasteiger partial charge in [0.1, 0.15) is 0 Å². The van der Waals surface area contributed by atoms with E-state index in [2.05, 4.69) is 0 Å². The SMILES string of the molecule is O=c1cc(-c2cc(Cl)ccc2C(F)F)cc2n1C(CO)CC2. The molecule has 1 aliphatic rings. The van der Waals surface area contributed by atoms with Crippen LogP contribution in [0.4, 0.5) is 8.78 Å². The molecule has 1 atom stereocenters. The molecule has 116 valence electrons. The third kappa shape index (κ3) is 2.55. The van der Waals surface area contributed by atoms with Gasteiger partial charge in [-0.1, -0.05) is 17.7 Å². The van der Waals surface area contributed by atoms with Gasteiger partial charge in [-0.25, -0.2) is 8.78 Å². The summed E-state index contributed by atoms with van der Waals surface area (Å²) in [6.07, 6.45) is -1.33. The average Bonchev–Trinajstić information content (AvgIpc) is 2.90. The lowest BCUT2D eigenvalue weighted by atomic mass is 10.00. The fourth-order valence-electron chi connectivity index (χ4n) is 2.98. The number of hydrogen-bond acceptors (Lipinski definition) is 2. The van der Waals surface area contributed by atoms with Gasteiger partial charge in [0.25, 0.3) is 12.0 Å². The highest BCUT2D eigenvalue weighted by atomic mass is 35.5. The molecule has 0 fully saturated rings. The monoisotopic (exact) mass is 325 g/mol. The number of aryl methyl sites for hydroxylation is 1. The molecule has 22 heavy (non-hydrogen) atoms. The van der Waals surface area contributed by atoms with Crippen LogP contribution in [-0.2, 0) is 6.42 Å². The van der Waals surface area contributed by atoms with E-state index in [9.17, 15) is 18.7 Å². The smallest absolute Gasteiger partial charge is 0.264 e. The second-order valence-electron chi connectivity index (χ2n) is 5.35. The fourth-order valence-corrected chi connectivity index (χ4v) is 3.15. The Balaban J connectivity index is 2.17. The van der Waals surface area contributed by atoms with Gasteiger partial charge in [-0.05, 0) is 42.2 Å². The molecular weight excluding hydrogens is 312 g/mol. The quantitative estimate of drug-likeness (QED) is 0.937. The molecule has 3 rings (SSSR count).